The minimum Gasteiger partial charge on any atom is -0.508 e. The molecule has 0 saturated carbocycles. The van der Waals surface area contributed by atoms with Gasteiger partial charge in [0.2, 0.25) is 0 Å². The third-order valence-corrected chi connectivity index (χ3v) is 3.79. The monoisotopic (exact) mass is 328 g/mol. The lowest BCUT2D eigenvalue weighted by atomic mass is 10.0. The molecule has 0 unspecified atom stereocenters. The quantitative estimate of drug-likeness (QED) is 0.627. The van der Waals surface area contributed by atoms with Crippen molar-refractivity contribution >= 4 is 0 Å². The van der Waals surface area contributed by atoms with Gasteiger partial charge in [-0.1, -0.05) is 25.5 Å². The maximum absolute atomic E-state index is 10.2. The van der Waals surface area contributed by atoms with Gasteiger partial charge in [-0.05, 0) is 47.9 Å². The van der Waals surface area contributed by atoms with E-state index >= 15 is 0 Å². The molecule has 0 aliphatic rings. The van der Waals surface area contributed by atoms with Crippen molar-refractivity contribution in [3.8, 4) is 5.75 Å². The summed E-state index contributed by atoms with van der Waals surface area (Å²) >= 11 is 0. The minimum absolute atomic E-state index is 0.179. The van der Waals surface area contributed by atoms with Crippen molar-refractivity contribution in [2.24, 2.45) is 0 Å². The molecule has 0 radical (unpaired) electrons. The van der Waals surface area contributed by atoms with Gasteiger partial charge >= 0.3 is 0 Å². The van der Waals surface area contributed by atoms with Crippen molar-refractivity contribution < 1.29 is 19.7 Å². The second-order valence-corrected chi connectivity index (χ2v) is 5.78. The van der Waals surface area contributed by atoms with E-state index in [2.05, 4.69) is 12.7 Å². The molecular weight excluding hydrogens is 304 g/mol. The van der Waals surface area contributed by atoms with Crippen molar-refractivity contribution in [1.82, 2.24) is 0 Å². The predicted molar refractivity (Wildman–Crippen MR) is 92.5 cm³/mol. The Balaban J connectivity index is 2.00. The molecule has 4 heteroatoms. The van der Waals surface area contributed by atoms with Crippen molar-refractivity contribution in [1.29, 1.82) is 0 Å². The van der Waals surface area contributed by atoms with Gasteiger partial charge in [-0.3, -0.25) is 0 Å². The molecule has 2 aromatic rings. The largest absolute Gasteiger partial charge is 0.508 e. The maximum Gasteiger partial charge on any atom is 0.132 e. The van der Waals surface area contributed by atoms with Gasteiger partial charge in [-0.15, -0.1) is 5.73 Å². The zero-order valence-electron chi connectivity index (χ0n) is 13.9. The van der Waals surface area contributed by atoms with Crippen LogP contribution in [0.5, 0.6) is 5.75 Å². The van der Waals surface area contributed by atoms with Gasteiger partial charge in [0.05, 0.1) is 12.4 Å². The minimum atomic E-state index is -0.676. The van der Waals surface area contributed by atoms with E-state index in [1.807, 2.05) is 0 Å². The number of phenolic OH excluding ortho intramolecular Hbond substituents is 1. The summed E-state index contributed by atoms with van der Waals surface area (Å²) in [4.78, 5) is 0. The number of hydrogen-bond donors (Lipinski definition) is 3. The average molecular weight is 328 g/mol. The zero-order chi connectivity index (χ0) is 17.4. The molecule has 0 aliphatic carbocycles. The highest BCUT2D eigenvalue weighted by atomic mass is 16.4. The third-order valence-electron chi connectivity index (χ3n) is 3.79. The summed E-state index contributed by atoms with van der Waals surface area (Å²) in [6.45, 7) is 2.08. The SMILES string of the molecule is CCCC(=C=CC[C@@H](O)c1ccc(O)cc1)C[C@@H](O)c1ccco1. The molecule has 0 aliphatic heterocycles. The highest BCUT2D eigenvalue weighted by Gasteiger charge is 2.12. The first kappa shape index (κ1) is 18.1. The number of aliphatic hydroxyl groups excluding tert-OH is 2. The van der Waals surface area contributed by atoms with Gasteiger partial charge in [-0.2, -0.15) is 0 Å². The molecular formula is C20H24O4. The molecule has 0 amide bonds. The Labute approximate surface area is 142 Å². The summed E-state index contributed by atoms with van der Waals surface area (Å²) < 4.78 is 5.22. The van der Waals surface area contributed by atoms with Crippen LogP contribution in [-0.2, 0) is 0 Å². The predicted octanol–water partition coefficient (Wildman–Crippen LogP) is 4.41. The Bertz CT molecular complexity index is 664. The number of aliphatic hydroxyl groups is 2. The van der Waals surface area contributed by atoms with Crippen LogP contribution in [0.15, 0.2) is 64.5 Å². The maximum atomic E-state index is 10.2. The normalized spacial score (nSPS) is 13.1. The fraction of sp³-hybridized carbons (Fsp3) is 0.350. The summed E-state index contributed by atoms with van der Waals surface area (Å²) in [6.07, 6.45) is 4.72. The van der Waals surface area contributed by atoms with E-state index in [0.29, 0.717) is 18.6 Å². The fourth-order valence-corrected chi connectivity index (χ4v) is 2.50. The first-order valence-corrected chi connectivity index (χ1v) is 8.21. The van der Waals surface area contributed by atoms with Gasteiger partial charge in [0.15, 0.2) is 0 Å². The van der Waals surface area contributed by atoms with Crippen LogP contribution in [0.4, 0.5) is 0 Å². The lowest BCUT2D eigenvalue weighted by Gasteiger charge is -2.10. The molecule has 128 valence electrons. The molecule has 4 nitrogen and oxygen atoms in total. The van der Waals surface area contributed by atoms with E-state index in [9.17, 15) is 15.3 Å². The van der Waals surface area contributed by atoms with Crippen molar-refractivity contribution in [3.05, 3.63) is 71.4 Å². The topological polar surface area (TPSA) is 73.8 Å². The Morgan fingerprint density at radius 2 is 1.92 bits per heavy atom. The first-order valence-electron chi connectivity index (χ1n) is 8.21. The Morgan fingerprint density at radius 1 is 1.17 bits per heavy atom. The van der Waals surface area contributed by atoms with Gasteiger partial charge < -0.3 is 19.7 Å². The number of hydrogen-bond acceptors (Lipinski definition) is 4. The zero-order valence-corrected chi connectivity index (χ0v) is 13.9. The summed E-state index contributed by atoms with van der Waals surface area (Å²) in [5, 5.41) is 29.6. The molecule has 0 bridgehead atoms. The Hall–Kier alpha value is -2.26. The molecule has 0 fully saturated rings. The van der Waals surface area contributed by atoms with Crippen LogP contribution in [0.3, 0.4) is 0 Å². The van der Waals surface area contributed by atoms with E-state index in [1.54, 1.807) is 48.7 Å². The van der Waals surface area contributed by atoms with Gasteiger partial charge in [0.25, 0.3) is 0 Å². The van der Waals surface area contributed by atoms with Crippen LogP contribution in [0.25, 0.3) is 0 Å². The smallest absolute Gasteiger partial charge is 0.132 e. The highest BCUT2D eigenvalue weighted by molar-refractivity contribution is 5.27. The van der Waals surface area contributed by atoms with Crippen LogP contribution >= 0.6 is 0 Å². The van der Waals surface area contributed by atoms with E-state index in [-0.39, 0.29) is 5.75 Å². The van der Waals surface area contributed by atoms with Crippen LogP contribution < -0.4 is 0 Å². The van der Waals surface area contributed by atoms with E-state index in [4.69, 9.17) is 4.42 Å². The molecule has 1 aromatic carbocycles. The molecule has 2 rings (SSSR count). The number of aromatic hydroxyl groups is 1. The molecule has 0 saturated heterocycles. The van der Waals surface area contributed by atoms with Crippen LogP contribution in [0.1, 0.15) is 56.1 Å². The Kier molecular flexibility index (Phi) is 6.89. The number of rotatable bonds is 8. The van der Waals surface area contributed by atoms with Gasteiger partial charge in [0.1, 0.15) is 17.6 Å². The van der Waals surface area contributed by atoms with Crippen molar-refractivity contribution in [2.45, 2.75) is 44.8 Å². The second kappa shape index (κ2) is 9.14. The second-order valence-electron chi connectivity index (χ2n) is 5.78. The van der Waals surface area contributed by atoms with E-state index in [0.717, 1.165) is 24.0 Å². The third kappa shape index (κ3) is 5.43. The van der Waals surface area contributed by atoms with E-state index < -0.39 is 12.2 Å². The number of phenols is 1. The van der Waals surface area contributed by atoms with E-state index in [1.165, 1.54) is 0 Å². The Morgan fingerprint density at radius 3 is 2.54 bits per heavy atom. The van der Waals surface area contributed by atoms with Crippen molar-refractivity contribution in [3.63, 3.8) is 0 Å². The van der Waals surface area contributed by atoms with Crippen LogP contribution in [0.2, 0.25) is 0 Å². The average Bonchev–Trinajstić information content (AvgIpc) is 3.10. The highest BCUT2D eigenvalue weighted by Crippen LogP contribution is 2.24. The number of furan rings is 1. The number of benzene rings is 1. The summed E-state index contributed by atoms with van der Waals surface area (Å²) in [5.41, 5.74) is 4.95. The molecule has 1 aromatic heterocycles. The molecule has 24 heavy (non-hydrogen) atoms. The van der Waals surface area contributed by atoms with Gasteiger partial charge in [-0.25, -0.2) is 0 Å². The van der Waals surface area contributed by atoms with Crippen LogP contribution in [0, 0.1) is 0 Å². The summed E-state index contributed by atoms with van der Waals surface area (Å²) in [7, 11) is 0. The first-order chi connectivity index (χ1) is 11.6. The lowest BCUT2D eigenvalue weighted by molar-refractivity contribution is 0.149. The fourth-order valence-electron chi connectivity index (χ4n) is 2.50. The summed E-state index contributed by atoms with van der Waals surface area (Å²) in [6, 6.07) is 10.0. The molecule has 2 atom stereocenters. The van der Waals surface area contributed by atoms with Crippen molar-refractivity contribution in [2.75, 3.05) is 0 Å². The van der Waals surface area contributed by atoms with Crippen LogP contribution in [-0.4, -0.2) is 15.3 Å². The lowest BCUT2D eigenvalue weighted by Crippen LogP contribution is -1.98. The molecule has 1 heterocycles. The summed E-state index contributed by atoms with van der Waals surface area (Å²) in [5.74, 6) is 0.730. The molecule has 0 spiro atoms. The molecule has 3 N–H and O–H groups in total. The van der Waals surface area contributed by atoms with Gasteiger partial charge in [0, 0.05) is 12.8 Å². The standard InChI is InChI=1S/C20H24O4/c1-2-5-15(14-19(23)20-8-4-13-24-20)6-3-7-18(22)16-9-11-17(21)12-10-16/h3-4,8-13,18-19,21-23H,2,5,7,14H2,1H3/t6?,18-,19-/m1/s1.